The summed E-state index contributed by atoms with van der Waals surface area (Å²) in [5.74, 6) is -2.19. The molecule has 0 aliphatic heterocycles. The van der Waals surface area contributed by atoms with Gasteiger partial charge >= 0.3 is 12.1 Å². The van der Waals surface area contributed by atoms with Gasteiger partial charge in [-0.05, 0) is 6.92 Å². The van der Waals surface area contributed by atoms with E-state index in [1.54, 1.807) is 0 Å². The predicted molar refractivity (Wildman–Crippen MR) is 42.1 cm³/mol. The van der Waals surface area contributed by atoms with Crippen molar-refractivity contribution in [2.75, 3.05) is 13.2 Å². The van der Waals surface area contributed by atoms with Crippen LogP contribution in [0.3, 0.4) is 0 Å². The summed E-state index contributed by atoms with van der Waals surface area (Å²) in [4.78, 5) is 21.0. The van der Waals surface area contributed by atoms with Crippen LogP contribution in [0.25, 0.3) is 0 Å². The number of ether oxygens (including phenoxy) is 1. The number of alkyl halides is 3. The van der Waals surface area contributed by atoms with Crippen LogP contribution in [0.1, 0.15) is 6.92 Å². The molecule has 0 radical (unpaired) electrons. The quantitative estimate of drug-likeness (QED) is 0.703. The number of hydrogen-bond acceptors (Lipinski definition) is 3. The summed E-state index contributed by atoms with van der Waals surface area (Å²) in [5.41, 5.74) is 0. The Bertz CT molecular complexity index is 241. The van der Waals surface area contributed by atoms with Crippen LogP contribution in [0.15, 0.2) is 0 Å². The van der Waals surface area contributed by atoms with Crippen molar-refractivity contribution in [1.29, 1.82) is 0 Å². The third-order valence-electron chi connectivity index (χ3n) is 1.25. The van der Waals surface area contributed by atoms with Gasteiger partial charge in [0.1, 0.15) is 19.3 Å². The second-order valence-electron chi connectivity index (χ2n) is 2.74. The summed E-state index contributed by atoms with van der Waals surface area (Å²) in [7, 11) is 0. The molecule has 0 unspecified atom stereocenters. The normalized spacial score (nSPS) is 13.3. The maximum absolute atomic E-state index is 11.5. The van der Waals surface area contributed by atoms with Gasteiger partial charge < -0.3 is 15.2 Å². The molecule has 1 atom stereocenters. The summed E-state index contributed by atoms with van der Waals surface area (Å²) in [6.45, 7) is -1.18. The fourth-order valence-corrected chi connectivity index (χ4v) is 0.604. The summed E-state index contributed by atoms with van der Waals surface area (Å²) in [5, 5.41) is 10.3. The maximum Gasteiger partial charge on any atom is 0.411 e. The smallest absolute Gasteiger partial charge is 0.411 e. The molecule has 0 saturated carbocycles. The summed E-state index contributed by atoms with van der Waals surface area (Å²) >= 11 is 0. The molecular formula is C7H10F3NO4. The van der Waals surface area contributed by atoms with Crippen LogP contribution in [0.5, 0.6) is 0 Å². The van der Waals surface area contributed by atoms with E-state index in [-0.39, 0.29) is 0 Å². The van der Waals surface area contributed by atoms with Gasteiger partial charge in [0.15, 0.2) is 0 Å². The van der Waals surface area contributed by atoms with Gasteiger partial charge in [-0.1, -0.05) is 0 Å². The van der Waals surface area contributed by atoms with Crippen molar-refractivity contribution in [3.63, 3.8) is 0 Å². The molecular weight excluding hydrogens is 219 g/mol. The van der Waals surface area contributed by atoms with Crippen LogP contribution in [0.4, 0.5) is 13.2 Å². The lowest BCUT2D eigenvalue weighted by atomic mass is 10.3. The van der Waals surface area contributed by atoms with E-state index in [0.29, 0.717) is 0 Å². The van der Waals surface area contributed by atoms with E-state index in [0.717, 1.165) is 0 Å². The minimum absolute atomic E-state index is 0.822. The highest BCUT2D eigenvalue weighted by Crippen LogP contribution is 2.13. The number of aliphatic carboxylic acids is 1. The molecule has 0 aromatic carbocycles. The molecule has 0 aliphatic rings. The zero-order chi connectivity index (χ0) is 12.1. The van der Waals surface area contributed by atoms with Crippen molar-refractivity contribution in [3.05, 3.63) is 0 Å². The molecule has 0 fully saturated rings. The molecule has 8 heteroatoms. The number of hydrogen-bond donors (Lipinski definition) is 2. The number of halogens is 3. The van der Waals surface area contributed by atoms with Crippen LogP contribution in [-0.4, -0.2) is 42.4 Å². The minimum atomic E-state index is -4.50. The number of carboxylic acid groups (broad SMARTS) is 1. The molecule has 0 heterocycles. The standard InChI is InChI=1S/C7H10F3NO4/c1-4(6(13)14)11-5(12)2-15-3-7(8,9)10/h4H,2-3H2,1H3,(H,11,12)(H,13,14)/t4-/m0/s1. The Morgan fingerprint density at radius 3 is 2.40 bits per heavy atom. The van der Waals surface area contributed by atoms with Crippen molar-refractivity contribution in [3.8, 4) is 0 Å². The lowest BCUT2D eigenvalue weighted by molar-refractivity contribution is -0.176. The van der Waals surface area contributed by atoms with Crippen molar-refractivity contribution in [1.82, 2.24) is 5.32 Å². The van der Waals surface area contributed by atoms with Crippen LogP contribution in [0, 0.1) is 0 Å². The highest BCUT2D eigenvalue weighted by Gasteiger charge is 2.28. The van der Waals surface area contributed by atoms with Crippen molar-refractivity contribution < 1.29 is 32.6 Å². The fraction of sp³-hybridized carbons (Fsp3) is 0.714. The summed E-state index contributed by atoms with van der Waals surface area (Å²) < 4.78 is 38.6. The van der Waals surface area contributed by atoms with Crippen molar-refractivity contribution >= 4 is 11.9 Å². The third kappa shape index (κ3) is 7.74. The van der Waals surface area contributed by atoms with E-state index in [1.165, 1.54) is 6.92 Å². The molecule has 0 rings (SSSR count). The second-order valence-corrected chi connectivity index (χ2v) is 2.74. The third-order valence-corrected chi connectivity index (χ3v) is 1.25. The van der Waals surface area contributed by atoms with E-state index in [2.05, 4.69) is 4.74 Å². The van der Waals surface area contributed by atoms with Crippen LogP contribution in [-0.2, 0) is 14.3 Å². The van der Waals surface area contributed by atoms with Gasteiger partial charge in [0, 0.05) is 0 Å². The Balaban J connectivity index is 3.72. The highest BCUT2D eigenvalue weighted by molar-refractivity contribution is 5.83. The first-order chi connectivity index (χ1) is 6.72. The molecule has 1 amide bonds. The molecule has 0 bridgehead atoms. The first-order valence-electron chi connectivity index (χ1n) is 3.89. The predicted octanol–water partition coefficient (Wildman–Crippen LogP) is 0.155. The Morgan fingerprint density at radius 2 is 2.00 bits per heavy atom. The first kappa shape index (κ1) is 13.7. The monoisotopic (exact) mass is 229 g/mol. The van der Waals surface area contributed by atoms with Gasteiger partial charge in [-0.3, -0.25) is 9.59 Å². The van der Waals surface area contributed by atoms with E-state index in [1.807, 2.05) is 5.32 Å². The number of carboxylic acids is 1. The summed E-state index contributed by atoms with van der Waals surface area (Å²) in [6, 6.07) is -1.16. The fourth-order valence-electron chi connectivity index (χ4n) is 0.604. The number of rotatable bonds is 5. The van der Waals surface area contributed by atoms with Gasteiger partial charge in [-0.2, -0.15) is 13.2 Å². The minimum Gasteiger partial charge on any atom is -0.480 e. The average molecular weight is 229 g/mol. The molecule has 15 heavy (non-hydrogen) atoms. The Kier molecular flexibility index (Phi) is 5.06. The SMILES string of the molecule is C[C@H](NC(=O)COCC(F)(F)F)C(=O)O. The Labute approximate surface area is 83.2 Å². The van der Waals surface area contributed by atoms with E-state index >= 15 is 0 Å². The van der Waals surface area contributed by atoms with Crippen LogP contribution in [0.2, 0.25) is 0 Å². The molecule has 0 aromatic heterocycles. The highest BCUT2D eigenvalue weighted by atomic mass is 19.4. The maximum atomic E-state index is 11.5. The van der Waals surface area contributed by atoms with Gasteiger partial charge in [0.25, 0.3) is 0 Å². The number of amides is 1. The topological polar surface area (TPSA) is 75.6 Å². The number of carbonyl (C=O) groups excluding carboxylic acids is 1. The molecule has 2 N–H and O–H groups in total. The molecule has 5 nitrogen and oxygen atoms in total. The Hall–Kier alpha value is -1.31. The van der Waals surface area contributed by atoms with E-state index in [4.69, 9.17) is 5.11 Å². The van der Waals surface area contributed by atoms with E-state index in [9.17, 15) is 22.8 Å². The van der Waals surface area contributed by atoms with Gasteiger partial charge in [0.2, 0.25) is 5.91 Å². The zero-order valence-corrected chi connectivity index (χ0v) is 7.80. The Morgan fingerprint density at radius 1 is 1.47 bits per heavy atom. The van der Waals surface area contributed by atoms with Crippen molar-refractivity contribution in [2.24, 2.45) is 0 Å². The largest absolute Gasteiger partial charge is 0.480 e. The lowest BCUT2D eigenvalue weighted by Gasteiger charge is -2.10. The molecule has 0 aromatic rings. The molecule has 0 saturated heterocycles. The molecule has 0 spiro atoms. The van der Waals surface area contributed by atoms with Crippen LogP contribution < -0.4 is 5.32 Å². The average Bonchev–Trinajstić information content (AvgIpc) is 2.01. The first-order valence-corrected chi connectivity index (χ1v) is 3.89. The van der Waals surface area contributed by atoms with Crippen molar-refractivity contribution in [2.45, 2.75) is 19.1 Å². The molecule has 88 valence electrons. The molecule has 0 aliphatic carbocycles. The zero-order valence-electron chi connectivity index (χ0n) is 7.80. The summed E-state index contributed by atoms with van der Waals surface area (Å²) in [6.07, 6.45) is -4.50. The van der Waals surface area contributed by atoms with Gasteiger partial charge in [0.05, 0.1) is 0 Å². The number of carbonyl (C=O) groups is 2. The second kappa shape index (κ2) is 5.54. The number of nitrogens with one attached hydrogen (secondary N) is 1. The van der Waals surface area contributed by atoms with Gasteiger partial charge in [-0.25, -0.2) is 0 Å². The van der Waals surface area contributed by atoms with E-state index < -0.39 is 37.3 Å². The lowest BCUT2D eigenvalue weighted by Crippen LogP contribution is -2.40. The van der Waals surface area contributed by atoms with Gasteiger partial charge in [-0.15, -0.1) is 0 Å². The van der Waals surface area contributed by atoms with Crippen LogP contribution >= 0.6 is 0 Å².